The van der Waals surface area contributed by atoms with E-state index in [0.29, 0.717) is 23.6 Å². The van der Waals surface area contributed by atoms with Crippen molar-refractivity contribution < 1.29 is 14.3 Å². The number of methoxy groups -OCH3 is 2. The van der Waals surface area contributed by atoms with E-state index in [1.807, 2.05) is 13.8 Å². The van der Waals surface area contributed by atoms with E-state index in [1.165, 1.54) is 14.2 Å². The lowest BCUT2D eigenvalue weighted by molar-refractivity contribution is 0.0633. The molecule has 0 fully saturated rings. The molecule has 0 atom stereocenters. The molecule has 1 aromatic rings. The summed E-state index contributed by atoms with van der Waals surface area (Å²) in [6, 6.07) is 5.25. The SMILES string of the molecule is COc1cccc(OC)c1C(=O)N(C)C(C)(C)CN. The average molecular weight is 266 g/mol. The highest BCUT2D eigenvalue weighted by atomic mass is 16.5. The van der Waals surface area contributed by atoms with E-state index < -0.39 is 5.54 Å². The van der Waals surface area contributed by atoms with Crippen LogP contribution in [0.15, 0.2) is 18.2 Å². The zero-order chi connectivity index (χ0) is 14.6. The first-order valence-corrected chi connectivity index (χ1v) is 6.08. The molecular formula is C14H22N2O3. The second-order valence-corrected chi connectivity index (χ2v) is 4.92. The molecule has 0 radical (unpaired) electrons. The Morgan fingerprint density at radius 1 is 1.26 bits per heavy atom. The van der Waals surface area contributed by atoms with Gasteiger partial charge < -0.3 is 20.1 Å². The second kappa shape index (κ2) is 5.93. The molecular weight excluding hydrogens is 244 g/mol. The van der Waals surface area contributed by atoms with Crippen molar-refractivity contribution in [3.05, 3.63) is 23.8 Å². The maximum Gasteiger partial charge on any atom is 0.261 e. The van der Waals surface area contributed by atoms with Crippen molar-refractivity contribution in [1.29, 1.82) is 0 Å². The minimum absolute atomic E-state index is 0.176. The number of nitrogens with two attached hydrogens (primary N) is 1. The number of rotatable bonds is 5. The predicted molar refractivity (Wildman–Crippen MR) is 74.8 cm³/mol. The molecule has 1 amide bonds. The highest BCUT2D eigenvalue weighted by molar-refractivity contribution is 6.00. The number of likely N-dealkylation sites (N-methyl/N-ethyl adjacent to an activating group) is 1. The van der Waals surface area contributed by atoms with Crippen LogP contribution in [-0.4, -0.2) is 44.2 Å². The molecule has 0 saturated carbocycles. The lowest BCUT2D eigenvalue weighted by atomic mass is 10.0. The van der Waals surface area contributed by atoms with Crippen LogP contribution in [0.2, 0.25) is 0 Å². The second-order valence-electron chi connectivity index (χ2n) is 4.92. The van der Waals surface area contributed by atoms with Gasteiger partial charge in [-0.3, -0.25) is 4.79 Å². The molecule has 5 heteroatoms. The fourth-order valence-corrected chi connectivity index (χ4v) is 1.64. The standard InChI is InChI=1S/C14H22N2O3/c1-14(2,9-15)16(3)13(17)12-10(18-4)7-6-8-11(12)19-5/h6-8H,9,15H2,1-5H3. The summed E-state index contributed by atoms with van der Waals surface area (Å²) >= 11 is 0. The number of carbonyl (C=O) groups excluding carboxylic acids is 1. The van der Waals surface area contributed by atoms with Gasteiger partial charge in [0, 0.05) is 19.1 Å². The third kappa shape index (κ3) is 2.98. The van der Waals surface area contributed by atoms with Crippen molar-refractivity contribution in [2.24, 2.45) is 5.73 Å². The quantitative estimate of drug-likeness (QED) is 0.877. The Hall–Kier alpha value is -1.75. The van der Waals surface area contributed by atoms with E-state index in [2.05, 4.69) is 0 Å². The number of amides is 1. The molecule has 0 aliphatic heterocycles. The normalized spacial score (nSPS) is 11.1. The van der Waals surface area contributed by atoms with E-state index in [1.54, 1.807) is 30.1 Å². The summed E-state index contributed by atoms with van der Waals surface area (Å²) in [5, 5.41) is 0. The van der Waals surface area contributed by atoms with Crippen molar-refractivity contribution in [3.8, 4) is 11.5 Å². The zero-order valence-electron chi connectivity index (χ0n) is 12.2. The van der Waals surface area contributed by atoms with Crippen LogP contribution >= 0.6 is 0 Å². The molecule has 19 heavy (non-hydrogen) atoms. The number of carbonyl (C=O) groups is 1. The van der Waals surface area contributed by atoms with Gasteiger partial charge in [-0.25, -0.2) is 0 Å². The largest absolute Gasteiger partial charge is 0.496 e. The first-order valence-electron chi connectivity index (χ1n) is 6.08. The smallest absolute Gasteiger partial charge is 0.261 e. The van der Waals surface area contributed by atoms with Gasteiger partial charge in [0.05, 0.1) is 14.2 Å². The molecule has 0 bridgehead atoms. The van der Waals surface area contributed by atoms with Crippen molar-refractivity contribution in [2.75, 3.05) is 27.8 Å². The third-order valence-corrected chi connectivity index (χ3v) is 3.35. The average Bonchev–Trinajstić information content (AvgIpc) is 2.44. The molecule has 0 aliphatic rings. The molecule has 5 nitrogen and oxygen atoms in total. The first-order chi connectivity index (χ1) is 8.88. The van der Waals surface area contributed by atoms with Gasteiger partial charge in [-0.1, -0.05) is 6.07 Å². The maximum absolute atomic E-state index is 12.6. The number of hydrogen-bond donors (Lipinski definition) is 1. The summed E-state index contributed by atoms with van der Waals surface area (Å²) in [5.74, 6) is 0.804. The van der Waals surface area contributed by atoms with Crippen LogP contribution in [0.1, 0.15) is 24.2 Å². The van der Waals surface area contributed by atoms with Crippen molar-refractivity contribution >= 4 is 5.91 Å². The Morgan fingerprint density at radius 3 is 2.11 bits per heavy atom. The van der Waals surface area contributed by atoms with E-state index in [9.17, 15) is 4.79 Å². The van der Waals surface area contributed by atoms with Gasteiger partial charge in [0.2, 0.25) is 0 Å². The van der Waals surface area contributed by atoms with Crippen LogP contribution in [0.3, 0.4) is 0 Å². The summed E-state index contributed by atoms with van der Waals surface area (Å²) in [7, 11) is 4.78. The van der Waals surface area contributed by atoms with Gasteiger partial charge in [0.15, 0.2) is 0 Å². The Morgan fingerprint density at radius 2 is 1.74 bits per heavy atom. The molecule has 2 N–H and O–H groups in total. The van der Waals surface area contributed by atoms with Crippen molar-refractivity contribution in [1.82, 2.24) is 4.90 Å². The molecule has 0 unspecified atom stereocenters. The summed E-state index contributed by atoms with van der Waals surface area (Å²) < 4.78 is 10.5. The van der Waals surface area contributed by atoms with Gasteiger partial charge in [-0.2, -0.15) is 0 Å². The Kier molecular flexibility index (Phi) is 4.78. The molecule has 106 valence electrons. The number of hydrogen-bond acceptors (Lipinski definition) is 4. The van der Waals surface area contributed by atoms with Gasteiger partial charge >= 0.3 is 0 Å². The van der Waals surface area contributed by atoms with E-state index in [-0.39, 0.29) is 5.91 Å². The molecule has 0 heterocycles. The Labute approximate surface area is 114 Å². The van der Waals surface area contributed by atoms with Crippen molar-refractivity contribution in [3.63, 3.8) is 0 Å². The molecule has 0 saturated heterocycles. The lowest BCUT2D eigenvalue weighted by Crippen LogP contribution is -2.50. The van der Waals surface area contributed by atoms with Gasteiger partial charge in [-0.05, 0) is 26.0 Å². The van der Waals surface area contributed by atoms with E-state index in [0.717, 1.165) is 0 Å². The topological polar surface area (TPSA) is 64.8 Å². The molecule has 0 spiro atoms. The minimum atomic E-state index is -0.442. The van der Waals surface area contributed by atoms with Crippen LogP contribution in [0.25, 0.3) is 0 Å². The molecule has 1 rings (SSSR count). The fraction of sp³-hybridized carbons (Fsp3) is 0.500. The summed E-state index contributed by atoms with van der Waals surface area (Å²) in [6.07, 6.45) is 0. The van der Waals surface area contributed by atoms with Crippen LogP contribution in [0.5, 0.6) is 11.5 Å². The highest BCUT2D eigenvalue weighted by Crippen LogP contribution is 2.30. The maximum atomic E-state index is 12.6. The Bertz CT molecular complexity index is 436. The molecule has 0 aromatic heterocycles. The first kappa shape index (κ1) is 15.3. The zero-order valence-corrected chi connectivity index (χ0v) is 12.2. The number of nitrogens with zero attached hydrogens (tertiary/aromatic N) is 1. The number of benzene rings is 1. The van der Waals surface area contributed by atoms with Crippen LogP contribution in [0.4, 0.5) is 0 Å². The monoisotopic (exact) mass is 266 g/mol. The van der Waals surface area contributed by atoms with Crippen LogP contribution < -0.4 is 15.2 Å². The number of ether oxygens (including phenoxy) is 2. The van der Waals surface area contributed by atoms with Gasteiger partial charge in [0.25, 0.3) is 5.91 Å². The summed E-state index contributed by atoms with van der Waals surface area (Å²) in [6.45, 7) is 4.19. The van der Waals surface area contributed by atoms with Gasteiger partial charge in [-0.15, -0.1) is 0 Å². The molecule has 1 aromatic carbocycles. The highest BCUT2D eigenvalue weighted by Gasteiger charge is 2.30. The summed E-state index contributed by atoms with van der Waals surface area (Å²) in [5.41, 5.74) is 5.68. The summed E-state index contributed by atoms with van der Waals surface area (Å²) in [4.78, 5) is 14.2. The predicted octanol–water partition coefficient (Wildman–Crippen LogP) is 1.51. The van der Waals surface area contributed by atoms with Crippen molar-refractivity contribution in [2.45, 2.75) is 19.4 Å². The lowest BCUT2D eigenvalue weighted by Gasteiger charge is -2.35. The van der Waals surface area contributed by atoms with Crippen LogP contribution in [0, 0.1) is 0 Å². The minimum Gasteiger partial charge on any atom is -0.496 e. The van der Waals surface area contributed by atoms with E-state index in [4.69, 9.17) is 15.2 Å². The fourth-order valence-electron chi connectivity index (χ4n) is 1.64. The Balaban J connectivity index is 3.26. The van der Waals surface area contributed by atoms with Crippen LogP contribution in [-0.2, 0) is 0 Å². The third-order valence-electron chi connectivity index (χ3n) is 3.35. The van der Waals surface area contributed by atoms with E-state index >= 15 is 0 Å². The van der Waals surface area contributed by atoms with Gasteiger partial charge in [0.1, 0.15) is 17.1 Å². The molecule has 0 aliphatic carbocycles.